The van der Waals surface area contributed by atoms with Crippen LogP contribution in [0.3, 0.4) is 0 Å². The highest BCUT2D eigenvalue weighted by molar-refractivity contribution is 6.08. The molecule has 4 aliphatic rings. The molecule has 4 aliphatic carbocycles. The molecule has 4 saturated carbocycles. The van der Waals surface area contributed by atoms with Crippen molar-refractivity contribution in [1.29, 1.82) is 0 Å². The van der Waals surface area contributed by atoms with Gasteiger partial charge in [-0.1, -0.05) is 6.07 Å². The second-order valence-electron chi connectivity index (χ2n) is 7.46. The Bertz CT molecular complexity index is 596. The Morgan fingerprint density at radius 1 is 1.14 bits per heavy atom. The molecule has 4 fully saturated rings. The highest BCUT2D eigenvalue weighted by Gasteiger charge is 2.50. The van der Waals surface area contributed by atoms with Gasteiger partial charge in [-0.25, -0.2) is 4.98 Å². The number of carbonyl (C=O) groups excluding carboxylic acids is 2. The van der Waals surface area contributed by atoms with Crippen LogP contribution in [0.1, 0.15) is 37.7 Å². The third-order valence-corrected chi connectivity index (χ3v) is 5.80. The van der Waals surface area contributed by atoms with Gasteiger partial charge in [0.05, 0.1) is 5.92 Å². The SMILES string of the molecule is Cc1ccc(NC(=O)C2C(=O)C3CC4CC(C3)CC2C4)nc1. The van der Waals surface area contributed by atoms with Crippen LogP contribution in [0, 0.1) is 36.5 Å². The van der Waals surface area contributed by atoms with E-state index < -0.39 is 5.92 Å². The Balaban J connectivity index is 1.56. The maximum Gasteiger partial charge on any atom is 0.236 e. The molecular formula is C18H22N2O2. The average Bonchev–Trinajstić information content (AvgIpc) is 2.63. The first-order chi connectivity index (χ1) is 10.6. The fourth-order valence-corrected chi connectivity index (χ4v) is 4.98. The van der Waals surface area contributed by atoms with Gasteiger partial charge in [-0.05, 0) is 68.4 Å². The van der Waals surface area contributed by atoms with E-state index in [0.29, 0.717) is 17.7 Å². The fraction of sp³-hybridized carbons (Fsp3) is 0.611. The number of nitrogens with one attached hydrogen (secondary N) is 1. The van der Waals surface area contributed by atoms with Gasteiger partial charge in [0, 0.05) is 12.1 Å². The minimum absolute atomic E-state index is 0.123. The van der Waals surface area contributed by atoms with Crippen molar-refractivity contribution >= 4 is 17.5 Å². The van der Waals surface area contributed by atoms with E-state index in [1.807, 2.05) is 13.0 Å². The zero-order valence-electron chi connectivity index (χ0n) is 12.9. The molecule has 4 heteroatoms. The third kappa shape index (κ3) is 2.34. The summed E-state index contributed by atoms with van der Waals surface area (Å²) in [4.78, 5) is 29.7. The van der Waals surface area contributed by atoms with Crippen molar-refractivity contribution in [2.75, 3.05) is 5.32 Å². The summed E-state index contributed by atoms with van der Waals surface area (Å²) < 4.78 is 0. The van der Waals surface area contributed by atoms with Crippen molar-refractivity contribution in [2.45, 2.75) is 39.0 Å². The normalized spacial score (nSPS) is 36.2. The topological polar surface area (TPSA) is 59.1 Å². The van der Waals surface area contributed by atoms with E-state index in [-0.39, 0.29) is 23.5 Å². The van der Waals surface area contributed by atoms with Crippen LogP contribution < -0.4 is 5.32 Å². The molecule has 0 saturated heterocycles. The van der Waals surface area contributed by atoms with Gasteiger partial charge >= 0.3 is 0 Å². The minimum atomic E-state index is -0.455. The van der Waals surface area contributed by atoms with E-state index >= 15 is 0 Å². The van der Waals surface area contributed by atoms with Crippen LogP contribution in [0.25, 0.3) is 0 Å². The number of aromatic nitrogens is 1. The number of fused-ring (bicyclic) bond motifs is 1. The molecule has 1 amide bonds. The molecule has 1 N–H and O–H groups in total. The summed E-state index contributed by atoms with van der Waals surface area (Å²) in [7, 11) is 0. The monoisotopic (exact) mass is 298 g/mol. The van der Waals surface area contributed by atoms with Crippen LogP contribution in [-0.4, -0.2) is 16.7 Å². The lowest BCUT2D eigenvalue weighted by atomic mass is 9.67. The predicted molar refractivity (Wildman–Crippen MR) is 83.1 cm³/mol. The summed E-state index contributed by atoms with van der Waals surface area (Å²) in [6.07, 6.45) is 7.14. The molecule has 4 nitrogen and oxygen atoms in total. The Morgan fingerprint density at radius 2 is 1.86 bits per heavy atom. The van der Waals surface area contributed by atoms with Gasteiger partial charge in [0.2, 0.25) is 5.91 Å². The van der Waals surface area contributed by atoms with Crippen LogP contribution in [-0.2, 0) is 9.59 Å². The van der Waals surface area contributed by atoms with Crippen LogP contribution in [0.2, 0.25) is 0 Å². The summed E-state index contributed by atoms with van der Waals surface area (Å²) >= 11 is 0. The second-order valence-corrected chi connectivity index (χ2v) is 7.46. The van der Waals surface area contributed by atoms with Gasteiger partial charge < -0.3 is 5.32 Å². The van der Waals surface area contributed by atoms with Crippen LogP contribution >= 0.6 is 0 Å². The van der Waals surface area contributed by atoms with E-state index in [2.05, 4.69) is 10.3 Å². The van der Waals surface area contributed by atoms with E-state index in [1.54, 1.807) is 12.3 Å². The van der Waals surface area contributed by atoms with Crippen molar-refractivity contribution in [3.8, 4) is 0 Å². The Labute approximate surface area is 130 Å². The Morgan fingerprint density at radius 3 is 2.50 bits per heavy atom. The van der Waals surface area contributed by atoms with Gasteiger partial charge in [-0.3, -0.25) is 9.59 Å². The standard InChI is InChI=1S/C18H22N2O2/c1-10-2-3-15(19-9-10)20-18(22)16-13-5-11-4-12(6-13)8-14(7-11)17(16)21/h2-3,9,11-14,16H,4-8H2,1H3,(H,19,20,22). The summed E-state index contributed by atoms with van der Waals surface area (Å²) in [6.45, 7) is 1.96. The van der Waals surface area contributed by atoms with E-state index in [0.717, 1.165) is 31.2 Å². The molecule has 5 rings (SSSR count). The maximum atomic E-state index is 12.8. The lowest BCUT2D eigenvalue weighted by molar-refractivity contribution is -0.134. The van der Waals surface area contributed by atoms with Gasteiger partial charge in [-0.15, -0.1) is 0 Å². The Hall–Kier alpha value is -1.71. The lowest BCUT2D eigenvalue weighted by Crippen LogP contribution is -2.36. The number of anilines is 1. The molecule has 0 aromatic carbocycles. The van der Waals surface area contributed by atoms with Gasteiger partial charge in [0.15, 0.2) is 0 Å². The van der Waals surface area contributed by atoms with Crippen LogP contribution in [0.15, 0.2) is 18.3 Å². The van der Waals surface area contributed by atoms with Crippen LogP contribution in [0.5, 0.6) is 0 Å². The summed E-state index contributed by atoms with van der Waals surface area (Å²) in [6, 6.07) is 3.73. The number of ketones is 1. The summed E-state index contributed by atoms with van der Waals surface area (Å²) in [5, 5.41) is 2.87. The zero-order valence-corrected chi connectivity index (χ0v) is 12.9. The molecule has 0 radical (unpaired) electrons. The van der Waals surface area contributed by atoms with Crippen molar-refractivity contribution < 1.29 is 9.59 Å². The quantitative estimate of drug-likeness (QED) is 0.854. The minimum Gasteiger partial charge on any atom is -0.310 e. The number of nitrogens with zero attached hydrogens (tertiary/aromatic N) is 1. The van der Waals surface area contributed by atoms with E-state index in [4.69, 9.17) is 0 Å². The van der Waals surface area contributed by atoms with Crippen molar-refractivity contribution in [3.63, 3.8) is 0 Å². The smallest absolute Gasteiger partial charge is 0.236 e. The maximum absolute atomic E-state index is 12.8. The number of hydrogen-bond acceptors (Lipinski definition) is 3. The largest absolute Gasteiger partial charge is 0.310 e. The van der Waals surface area contributed by atoms with Crippen LogP contribution in [0.4, 0.5) is 5.82 Å². The van der Waals surface area contributed by atoms with Gasteiger partial charge in [0.25, 0.3) is 0 Å². The number of rotatable bonds is 2. The highest BCUT2D eigenvalue weighted by atomic mass is 16.2. The van der Waals surface area contributed by atoms with Crippen molar-refractivity contribution in [3.05, 3.63) is 23.9 Å². The number of amides is 1. The molecule has 0 aliphatic heterocycles. The predicted octanol–water partition coefficient (Wildman–Crippen LogP) is 2.97. The highest BCUT2D eigenvalue weighted by Crippen LogP contribution is 2.52. The molecule has 4 bridgehead atoms. The molecule has 3 atom stereocenters. The fourth-order valence-electron chi connectivity index (χ4n) is 4.98. The molecule has 22 heavy (non-hydrogen) atoms. The number of carbonyl (C=O) groups is 2. The first-order valence-corrected chi connectivity index (χ1v) is 8.37. The summed E-state index contributed by atoms with van der Waals surface area (Å²) in [5.41, 5.74) is 1.06. The molecular weight excluding hydrogens is 276 g/mol. The Kier molecular flexibility index (Phi) is 3.28. The molecule has 1 aromatic heterocycles. The number of hydrogen-bond donors (Lipinski definition) is 1. The molecule has 1 aromatic rings. The average molecular weight is 298 g/mol. The third-order valence-electron chi connectivity index (χ3n) is 5.80. The first kappa shape index (κ1) is 13.9. The number of Topliss-reactive ketones (excluding diaryl/α,β-unsaturated/α-hetero) is 1. The van der Waals surface area contributed by atoms with Gasteiger partial charge in [0.1, 0.15) is 11.6 Å². The second kappa shape index (κ2) is 5.18. The zero-order chi connectivity index (χ0) is 15.3. The van der Waals surface area contributed by atoms with Crippen molar-refractivity contribution in [1.82, 2.24) is 4.98 Å². The van der Waals surface area contributed by atoms with Gasteiger partial charge in [-0.2, -0.15) is 0 Å². The first-order valence-electron chi connectivity index (χ1n) is 8.37. The number of pyridine rings is 1. The van der Waals surface area contributed by atoms with E-state index in [1.165, 1.54) is 6.42 Å². The van der Waals surface area contributed by atoms with E-state index in [9.17, 15) is 9.59 Å². The molecule has 116 valence electrons. The molecule has 0 spiro atoms. The lowest BCUT2D eigenvalue weighted by Gasteiger charge is -2.38. The molecule has 3 unspecified atom stereocenters. The molecule has 1 heterocycles. The summed E-state index contributed by atoms with van der Waals surface area (Å²) in [5.74, 6) is 1.85. The number of aryl methyl sites for hydroxylation is 1. The van der Waals surface area contributed by atoms with Crippen molar-refractivity contribution in [2.24, 2.45) is 29.6 Å².